The maximum absolute atomic E-state index is 3.40. The Morgan fingerprint density at radius 2 is 1.96 bits per heavy atom. The van der Waals surface area contributed by atoms with Crippen molar-refractivity contribution < 1.29 is 0 Å². The van der Waals surface area contributed by atoms with Gasteiger partial charge in [-0.25, -0.2) is 0 Å². The molecule has 0 spiro atoms. The second-order valence-corrected chi connectivity index (χ2v) is 7.92. The quantitative estimate of drug-likeness (QED) is 0.740. The van der Waals surface area contributed by atoms with Crippen LogP contribution in [0.15, 0.2) is 36.4 Å². The Morgan fingerprint density at radius 1 is 1.08 bits per heavy atom. The van der Waals surface area contributed by atoms with Gasteiger partial charge in [0.05, 0.1) is 5.69 Å². The number of benzene rings is 2. The minimum Gasteiger partial charge on any atom is -0.369 e. The van der Waals surface area contributed by atoms with Gasteiger partial charge in [0.25, 0.3) is 0 Å². The van der Waals surface area contributed by atoms with Crippen LogP contribution >= 0.6 is 0 Å². The Bertz CT molecular complexity index is 998. The maximum Gasteiger partial charge on any atom is 0.0542 e. The summed E-state index contributed by atoms with van der Waals surface area (Å²) in [6.07, 6.45) is 1.24. The van der Waals surface area contributed by atoms with Crippen molar-refractivity contribution in [3.8, 4) is 11.3 Å². The number of para-hydroxylation sites is 1. The molecule has 2 aromatic carbocycles. The Kier molecular flexibility index (Phi) is 3.61. The first-order valence-electron chi connectivity index (χ1n) is 9.81. The molecule has 3 heterocycles. The summed E-state index contributed by atoms with van der Waals surface area (Å²) < 4.78 is 2.57. The van der Waals surface area contributed by atoms with Crippen LogP contribution in [0.3, 0.4) is 0 Å². The van der Waals surface area contributed by atoms with Crippen LogP contribution in [-0.2, 0) is 6.54 Å². The largest absolute Gasteiger partial charge is 0.369 e. The Hall–Kier alpha value is -2.26. The monoisotopic (exact) mass is 345 g/mol. The second kappa shape index (κ2) is 5.88. The number of anilines is 1. The van der Waals surface area contributed by atoms with Crippen molar-refractivity contribution in [2.24, 2.45) is 0 Å². The molecule has 0 aliphatic carbocycles. The lowest BCUT2D eigenvalue weighted by Crippen LogP contribution is -2.35. The summed E-state index contributed by atoms with van der Waals surface area (Å²) in [5, 5.41) is 4.80. The summed E-state index contributed by atoms with van der Waals surface area (Å²) in [6.45, 7) is 8.88. The number of likely N-dealkylation sites (N-methyl/N-ethyl adjacent to an activating group) is 1. The molecule has 26 heavy (non-hydrogen) atoms. The zero-order valence-corrected chi connectivity index (χ0v) is 16.0. The van der Waals surface area contributed by atoms with Crippen LogP contribution in [0, 0.1) is 13.8 Å². The van der Waals surface area contributed by atoms with Gasteiger partial charge in [0.15, 0.2) is 0 Å². The van der Waals surface area contributed by atoms with Gasteiger partial charge in [-0.15, -0.1) is 0 Å². The SMILES string of the molecule is CNCC1CCN2CCn3c(c(C)c4ccc(C)cc43)-c3cccc1c32. The molecule has 0 fully saturated rings. The first kappa shape index (κ1) is 16.0. The molecule has 1 unspecified atom stereocenters. The van der Waals surface area contributed by atoms with Gasteiger partial charge < -0.3 is 14.8 Å². The topological polar surface area (TPSA) is 20.2 Å². The lowest BCUT2D eigenvalue weighted by molar-refractivity contribution is 0.542. The first-order chi connectivity index (χ1) is 12.7. The highest BCUT2D eigenvalue weighted by molar-refractivity contribution is 5.95. The second-order valence-electron chi connectivity index (χ2n) is 7.92. The third-order valence-corrected chi connectivity index (χ3v) is 6.34. The molecule has 1 atom stereocenters. The standard InChI is InChI=1S/C23H27N3/c1-15-7-8-18-16(2)22-20-6-4-5-19-17(14-24-3)9-10-25(23(19)20)11-12-26(22)21(18)13-15/h4-8,13,17,24H,9-12,14H2,1-3H3. The molecule has 2 aliphatic heterocycles. The van der Waals surface area contributed by atoms with Crippen molar-refractivity contribution in [2.45, 2.75) is 32.7 Å². The summed E-state index contributed by atoms with van der Waals surface area (Å²) >= 11 is 0. The fraction of sp³-hybridized carbons (Fsp3) is 0.391. The Morgan fingerprint density at radius 3 is 2.81 bits per heavy atom. The third kappa shape index (κ3) is 2.16. The number of fused-ring (bicyclic) bond motifs is 4. The average molecular weight is 345 g/mol. The van der Waals surface area contributed by atoms with E-state index in [9.17, 15) is 0 Å². The van der Waals surface area contributed by atoms with E-state index in [0.29, 0.717) is 5.92 Å². The minimum atomic E-state index is 0.615. The smallest absolute Gasteiger partial charge is 0.0542 e. The van der Waals surface area contributed by atoms with Gasteiger partial charge in [-0.2, -0.15) is 0 Å². The maximum atomic E-state index is 3.40. The van der Waals surface area contributed by atoms with E-state index in [1.165, 1.54) is 51.0 Å². The molecule has 0 amide bonds. The number of aromatic nitrogens is 1. The van der Waals surface area contributed by atoms with Crippen molar-refractivity contribution in [3.63, 3.8) is 0 Å². The van der Waals surface area contributed by atoms with Crippen molar-refractivity contribution >= 4 is 16.6 Å². The first-order valence-corrected chi connectivity index (χ1v) is 9.81. The highest BCUT2D eigenvalue weighted by Crippen LogP contribution is 2.46. The van der Waals surface area contributed by atoms with Gasteiger partial charge in [0.1, 0.15) is 0 Å². The van der Waals surface area contributed by atoms with Gasteiger partial charge >= 0.3 is 0 Å². The fourth-order valence-corrected chi connectivity index (χ4v) is 5.13. The van der Waals surface area contributed by atoms with E-state index in [4.69, 9.17) is 0 Å². The summed E-state index contributed by atoms with van der Waals surface area (Å²) in [5.41, 5.74) is 10.0. The van der Waals surface area contributed by atoms with Crippen LogP contribution < -0.4 is 10.2 Å². The van der Waals surface area contributed by atoms with Crippen LogP contribution in [0.2, 0.25) is 0 Å². The molecule has 2 aliphatic rings. The lowest BCUT2D eigenvalue weighted by Gasteiger charge is -2.36. The van der Waals surface area contributed by atoms with Gasteiger partial charge in [-0.05, 0) is 50.1 Å². The predicted octanol–water partition coefficient (Wildman–Crippen LogP) is 4.45. The van der Waals surface area contributed by atoms with Crippen LogP contribution in [0.4, 0.5) is 5.69 Å². The number of hydrogen-bond acceptors (Lipinski definition) is 2. The van der Waals surface area contributed by atoms with E-state index in [1.807, 2.05) is 0 Å². The molecule has 0 bridgehead atoms. The summed E-state index contributed by atoms with van der Waals surface area (Å²) in [7, 11) is 2.07. The Balaban J connectivity index is 1.81. The van der Waals surface area contributed by atoms with Gasteiger partial charge in [-0.3, -0.25) is 0 Å². The molecule has 134 valence electrons. The molecule has 1 N–H and O–H groups in total. The van der Waals surface area contributed by atoms with Crippen molar-refractivity contribution in [3.05, 3.63) is 53.1 Å². The summed E-state index contributed by atoms with van der Waals surface area (Å²) in [5.74, 6) is 0.615. The molecular formula is C23H27N3. The molecular weight excluding hydrogens is 318 g/mol. The van der Waals surface area contributed by atoms with Crippen LogP contribution in [0.5, 0.6) is 0 Å². The van der Waals surface area contributed by atoms with Crippen LogP contribution in [-0.4, -0.2) is 31.2 Å². The van der Waals surface area contributed by atoms with E-state index >= 15 is 0 Å². The number of hydrogen-bond donors (Lipinski definition) is 1. The molecule has 0 radical (unpaired) electrons. The molecule has 5 rings (SSSR count). The van der Waals surface area contributed by atoms with E-state index in [0.717, 1.165) is 26.2 Å². The van der Waals surface area contributed by atoms with Crippen molar-refractivity contribution in [2.75, 3.05) is 31.6 Å². The Labute approximate surface area is 155 Å². The zero-order chi connectivity index (χ0) is 17.8. The number of nitrogens with zero attached hydrogens (tertiary/aromatic N) is 2. The third-order valence-electron chi connectivity index (χ3n) is 6.34. The van der Waals surface area contributed by atoms with Crippen LogP contribution in [0.25, 0.3) is 22.2 Å². The highest BCUT2D eigenvalue weighted by Gasteiger charge is 2.31. The zero-order valence-electron chi connectivity index (χ0n) is 16.0. The van der Waals surface area contributed by atoms with E-state index in [-0.39, 0.29) is 0 Å². The van der Waals surface area contributed by atoms with Gasteiger partial charge in [0, 0.05) is 54.3 Å². The van der Waals surface area contributed by atoms with Crippen LogP contribution in [0.1, 0.15) is 29.0 Å². The molecule has 3 heteroatoms. The molecule has 0 saturated carbocycles. The van der Waals surface area contributed by atoms with Crippen molar-refractivity contribution in [1.82, 2.24) is 9.88 Å². The fourth-order valence-electron chi connectivity index (χ4n) is 5.13. The normalized spacial score (nSPS) is 18.6. The molecule has 3 aromatic rings. The summed E-state index contributed by atoms with van der Waals surface area (Å²) in [6, 6.07) is 13.9. The van der Waals surface area contributed by atoms with E-state index < -0.39 is 0 Å². The lowest BCUT2D eigenvalue weighted by atomic mass is 9.87. The van der Waals surface area contributed by atoms with E-state index in [2.05, 4.69) is 72.1 Å². The van der Waals surface area contributed by atoms with E-state index in [1.54, 1.807) is 0 Å². The van der Waals surface area contributed by atoms with Crippen molar-refractivity contribution in [1.29, 1.82) is 0 Å². The molecule has 0 saturated heterocycles. The van der Waals surface area contributed by atoms with Gasteiger partial charge in [0.2, 0.25) is 0 Å². The average Bonchev–Trinajstić information content (AvgIpc) is 2.81. The molecule has 3 nitrogen and oxygen atoms in total. The molecule has 1 aromatic heterocycles. The van der Waals surface area contributed by atoms with Gasteiger partial charge in [-0.1, -0.05) is 30.3 Å². The minimum absolute atomic E-state index is 0.615. The summed E-state index contributed by atoms with van der Waals surface area (Å²) in [4.78, 5) is 2.63. The number of nitrogens with one attached hydrogen (secondary N) is 1. The number of rotatable bonds is 2. The predicted molar refractivity (Wildman–Crippen MR) is 110 cm³/mol. The number of aryl methyl sites for hydroxylation is 2. The highest BCUT2D eigenvalue weighted by atomic mass is 15.2.